The molecule has 1 atom stereocenters. The minimum Gasteiger partial charge on any atom is -0.385 e. The van der Waals surface area contributed by atoms with E-state index in [1.807, 2.05) is 13.8 Å². The lowest BCUT2D eigenvalue weighted by Crippen LogP contribution is -2.41. The number of aliphatic imine (C=N–C) groups is 1. The molecule has 0 aromatic heterocycles. The van der Waals surface area contributed by atoms with Crippen LogP contribution in [0.5, 0.6) is 0 Å². The lowest BCUT2D eigenvalue weighted by atomic mass is 9.67. The Balaban J connectivity index is 1.93. The van der Waals surface area contributed by atoms with Crippen LogP contribution in [-0.4, -0.2) is 39.3 Å². The van der Waals surface area contributed by atoms with Crippen molar-refractivity contribution in [3.05, 3.63) is 35.4 Å². The maximum Gasteiger partial charge on any atom is 0.191 e. The summed E-state index contributed by atoms with van der Waals surface area (Å²) in [7, 11) is 1.74. The number of rotatable bonds is 9. The Kier molecular flexibility index (Phi) is 7.82. The smallest absolute Gasteiger partial charge is 0.191 e. The molecule has 26 heavy (non-hydrogen) atoms. The molecule has 1 saturated carbocycles. The molecule has 1 fully saturated rings. The van der Waals surface area contributed by atoms with Gasteiger partial charge in [-0.05, 0) is 55.2 Å². The zero-order valence-corrected chi connectivity index (χ0v) is 16.1. The van der Waals surface area contributed by atoms with Crippen molar-refractivity contribution in [2.45, 2.75) is 45.4 Å². The van der Waals surface area contributed by atoms with Gasteiger partial charge in [-0.1, -0.05) is 19.4 Å². The number of benzene rings is 1. The van der Waals surface area contributed by atoms with Crippen LogP contribution >= 0.6 is 0 Å². The van der Waals surface area contributed by atoms with Crippen LogP contribution in [0.4, 0.5) is 8.78 Å². The molecule has 0 spiro atoms. The van der Waals surface area contributed by atoms with E-state index in [2.05, 4.69) is 10.6 Å². The summed E-state index contributed by atoms with van der Waals surface area (Å²) in [5.41, 5.74) is 1.03. The highest BCUT2D eigenvalue weighted by Gasteiger charge is 2.36. The summed E-state index contributed by atoms with van der Waals surface area (Å²) < 4.78 is 31.7. The van der Waals surface area contributed by atoms with Gasteiger partial charge in [0.25, 0.3) is 0 Å². The van der Waals surface area contributed by atoms with Crippen LogP contribution in [0.2, 0.25) is 0 Å². The van der Waals surface area contributed by atoms with Crippen molar-refractivity contribution in [3.8, 4) is 0 Å². The third-order valence-electron chi connectivity index (χ3n) is 5.26. The van der Waals surface area contributed by atoms with Crippen molar-refractivity contribution in [3.63, 3.8) is 0 Å². The second kappa shape index (κ2) is 9.86. The largest absolute Gasteiger partial charge is 0.385 e. The van der Waals surface area contributed by atoms with Gasteiger partial charge in [-0.3, -0.25) is 4.99 Å². The highest BCUT2D eigenvalue weighted by atomic mass is 19.2. The predicted molar refractivity (Wildman–Crippen MR) is 102 cm³/mol. The first-order valence-corrected chi connectivity index (χ1v) is 9.46. The fourth-order valence-corrected chi connectivity index (χ4v) is 3.26. The minimum atomic E-state index is -0.814. The highest BCUT2D eigenvalue weighted by Crippen LogP contribution is 2.44. The second-order valence-electron chi connectivity index (χ2n) is 7.25. The van der Waals surface area contributed by atoms with Crippen LogP contribution in [0.1, 0.15) is 51.0 Å². The Morgan fingerprint density at radius 2 is 2.04 bits per heavy atom. The molecular formula is C20H31F2N3O. The van der Waals surface area contributed by atoms with E-state index in [1.165, 1.54) is 31.4 Å². The molecule has 1 aromatic carbocycles. The summed E-state index contributed by atoms with van der Waals surface area (Å²) in [5, 5.41) is 6.58. The maximum atomic E-state index is 13.4. The highest BCUT2D eigenvalue weighted by molar-refractivity contribution is 5.79. The van der Waals surface area contributed by atoms with Gasteiger partial charge in [-0.25, -0.2) is 8.78 Å². The van der Waals surface area contributed by atoms with Gasteiger partial charge in [0.15, 0.2) is 17.6 Å². The Hall–Kier alpha value is -1.69. The number of hydrogen-bond acceptors (Lipinski definition) is 2. The van der Waals surface area contributed by atoms with E-state index in [1.54, 1.807) is 13.2 Å². The Morgan fingerprint density at radius 1 is 1.27 bits per heavy atom. The lowest BCUT2D eigenvalue weighted by Gasteiger charge is -2.40. The topological polar surface area (TPSA) is 45.7 Å². The van der Waals surface area contributed by atoms with Gasteiger partial charge in [-0.15, -0.1) is 0 Å². The van der Waals surface area contributed by atoms with Crippen LogP contribution < -0.4 is 10.6 Å². The zero-order chi connectivity index (χ0) is 19.0. The summed E-state index contributed by atoms with van der Waals surface area (Å²) in [6.45, 7) is 6.94. The zero-order valence-electron chi connectivity index (χ0n) is 16.1. The van der Waals surface area contributed by atoms with Gasteiger partial charge < -0.3 is 15.4 Å². The van der Waals surface area contributed by atoms with Crippen molar-refractivity contribution >= 4 is 5.96 Å². The van der Waals surface area contributed by atoms with Crippen molar-refractivity contribution in [1.29, 1.82) is 0 Å². The summed E-state index contributed by atoms with van der Waals surface area (Å²) in [6.07, 6.45) is 4.70. The fraction of sp³-hybridized carbons (Fsp3) is 0.650. The number of nitrogens with zero attached hydrogens (tertiary/aromatic N) is 1. The fourth-order valence-electron chi connectivity index (χ4n) is 3.26. The quantitative estimate of drug-likeness (QED) is 0.515. The van der Waals surface area contributed by atoms with Crippen LogP contribution in [0.15, 0.2) is 23.2 Å². The molecule has 6 heteroatoms. The molecular weight excluding hydrogens is 336 g/mol. The Bertz CT molecular complexity index is 603. The number of guanidine groups is 1. The molecule has 0 radical (unpaired) electrons. The number of ether oxygens (including phenoxy) is 1. The number of hydrogen-bond donors (Lipinski definition) is 2. The van der Waals surface area contributed by atoms with E-state index in [-0.39, 0.29) is 11.3 Å². The van der Waals surface area contributed by atoms with Gasteiger partial charge in [0.05, 0.1) is 0 Å². The second-order valence-corrected chi connectivity index (χ2v) is 7.25. The average molecular weight is 367 g/mol. The summed E-state index contributed by atoms with van der Waals surface area (Å²) >= 11 is 0. The van der Waals surface area contributed by atoms with E-state index in [0.29, 0.717) is 6.54 Å². The molecule has 1 aliphatic carbocycles. The maximum absolute atomic E-state index is 13.4. The lowest BCUT2D eigenvalue weighted by molar-refractivity contribution is 0.0778. The van der Waals surface area contributed by atoms with Crippen molar-refractivity contribution < 1.29 is 13.5 Å². The Labute approximate surface area is 155 Å². The molecule has 1 aliphatic rings. The van der Waals surface area contributed by atoms with Crippen molar-refractivity contribution in [2.24, 2.45) is 10.4 Å². The van der Waals surface area contributed by atoms with Gasteiger partial charge in [0.2, 0.25) is 0 Å². The van der Waals surface area contributed by atoms with Crippen LogP contribution in [0, 0.1) is 17.0 Å². The van der Waals surface area contributed by atoms with E-state index < -0.39 is 11.6 Å². The molecule has 0 saturated heterocycles. The standard InChI is InChI=1S/C20H31F2N3O/c1-4-23-19(25-14-20(8-5-9-20)10-11-26-3)24-13-15(2)16-6-7-17(21)18(22)12-16/h6-7,12,15H,4-5,8-11,13-14H2,1-3H3,(H2,23,24,25). The monoisotopic (exact) mass is 367 g/mol. The van der Waals surface area contributed by atoms with E-state index in [0.717, 1.165) is 37.6 Å². The third-order valence-corrected chi connectivity index (χ3v) is 5.26. The first-order chi connectivity index (χ1) is 12.5. The van der Waals surface area contributed by atoms with Crippen molar-refractivity contribution in [2.75, 3.05) is 33.4 Å². The molecule has 146 valence electrons. The van der Waals surface area contributed by atoms with Gasteiger partial charge >= 0.3 is 0 Å². The van der Waals surface area contributed by atoms with E-state index >= 15 is 0 Å². The molecule has 1 unspecified atom stereocenters. The molecule has 4 nitrogen and oxygen atoms in total. The van der Waals surface area contributed by atoms with E-state index in [9.17, 15) is 8.78 Å². The van der Waals surface area contributed by atoms with Gasteiger partial charge in [0.1, 0.15) is 0 Å². The molecule has 2 N–H and O–H groups in total. The Morgan fingerprint density at radius 3 is 2.62 bits per heavy atom. The molecule has 0 aliphatic heterocycles. The van der Waals surface area contributed by atoms with Crippen LogP contribution in [-0.2, 0) is 4.74 Å². The third kappa shape index (κ3) is 5.66. The van der Waals surface area contributed by atoms with Crippen LogP contribution in [0.25, 0.3) is 0 Å². The van der Waals surface area contributed by atoms with Gasteiger partial charge in [-0.2, -0.15) is 0 Å². The number of methoxy groups -OCH3 is 1. The summed E-state index contributed by atoms with van der Waals surface area (Å²) in [6, 6.07) is 4.07. The SMILES string of the molecule is CCNC(=NCC1(CCOC)CCC1)NCC(C)c1ccc(F)c(F)c1. The predicted octanol–water partition coefficient (Wildman–Crippen LogP) is 3.83. The van der Waals surface area contributed by atoms with Gasteiger partial charge in [0, 0.05) is 33.4 Å². The first kappa shape index (κ1) is 20.6. The van der Waals surface area contributed by atoms with E-state index in [4.69, 9.17) is 9.73 Å². The normalized spacial score (nSPS) is 17.5. The van der Waals surface area contributed by atoms with Crippen molar-refractivity contribution in [1.82, 2.24) is 10.6 Å². The van der Waals surface area contributed by atoms with Crippen LogP contribution in [0.3, 0.4) is 0 Å². The molecule has 0 heterocycles. The molecule has 0 amide bonds. The summed E-state index contributed by atoms with van der Waals surface area (Å²) in [5.74, 6) is -0.809. The molecule has 0 bridgehead atoms. The molecule has 2 rings (SSSR count). The first-order valence-electron chi connectivity index (χ1n) is 9.46. The average Bonchev–Trinajstić information content (AvgIpc) is 2.60. The summed E-state index contributed by atoms with van der Waals surface area (Å²) in [4.78, 5) is 4.76. The molecule has 1 aromatic rings. The number of nitrogens with one attached hydrogen (secondary N) is 2. The number of halogens is 2. The minimum absolute atomic E-state index is 0.0418.